The molecule has 0 radical (unpaired) electrons. The van der Waals surface area contributed by atoms with Crippen molar-refractivity contribution in [1.82, 2.24) is 15.2 Å². The van der Waals surface area contributed by atoms with Crippen molar-refractivity contribution in [2.75, 3.05) is 37.9 Å². The molecule has 7 nitrogen and oxygen atoms in total. The number of nitrogens with zero attached hydrogens (tertiary/aromatic N) is 3. The van der Waals surface area contributed by atoms with Crippen molar-refractivity contribution in [2.45, 2.75) is 6.17 Å². The van der Waals surface area contributed by atoms with E-state index in [1.165, 1.54) is 0 Å². The first-order valence-electron chi connectivity index (χ1n) is 7.99. The molecule has 0 spiro atoms. The third-order valence-electron chi connectivity index (χ3n) is 3.99. The van der Waals surface area contributed by atoms with Gasteiger partial charge < -0.3 is 20.4 Å². The highest BCUT2D eigenvalue weighted by atomic mass is 16.2. The van der Waals surface area contributed by atoms with Crippen molar-refractivity contribution in [2.24, 2.45) is 0 Å². The third kappa shape index (κ3) is 3.61. The standard InChI is InChI=1S/C18H21N5O2/c1-22(2)11-15(24)20-13-8-6-12(7-9-13)16-21-18(25)14-5-4-10-19-17(14)23(16)3/h4-10,16H,11H2,1-3H3,(H,20,24)(H,21,25). The van der Waals surface area contributed by atoms with E-state index in [0.717, 1.165) is 11.3 Å². The predicted molar refractivity (Wildman–Crippen MR) is 96.5 cm³/mol. The van der Waals surface area contributed by atoms with E-state index in [2.05, 4.69) is 15.6 Å². The summed E-state index contributed by atoms with van der Waals surface area (Å²) in [6, 6.07) is 10.9. The highest BCUT2D eigenvalue weighted by Gasteiger charge is 2.30. The van der Waals surface area contributed by atoms with Gasteiger partial charge in [-0.1, -0.05) is 12.1 Å². The lowest BCUT2D eigenvalue weighted by Gasteiger charge is -2.35. The van der Waals surface area contributed by atoms with E-state index in [4.69, 9.17) is 0 Å². The van der Waals surface area contributed by atoms with Crippen molar-refractivity contribution in [1.29, 1.82) is 0 Å². The number of hydrogen-bond donors (Lipinski definition) is 2. The number of hydrogen-bond acceptors (Lipinski definition) is 5. The van der Waals surface area contributed by atoms with Crippen molar-refractivity contribution in [3.05, 3.63) is 53.7 Å². The van der Waals surface area contributed by atoms with Gasteiger partial charge in [0.2, 0.25) is 5.91 Å². The first-order valence-corrected chi connectivity index (χ1v) is 7.99. The largest absolute Gasteiger partial charge is 0.335 e. The van der Waals surface area contributed by atoms with Crippen LogP contribution in [0.5, 0.6) is 0 Å². The minimum Gasteiger partial charge on any atom is -0.335 e. The molecular formula is C18H21N5O2. The molecule has 1 aliphatic rings. The first-order chi connectivity index (χ1) is 12.0. The number of nitrogens with one attached hydrogen (secondary N) is 2. The quantitative estimate of drug-likeness (QED) is 0.882. The third-order valence-corrected chi connectivity index (χ3v) is 3.99. The van der Waals surface area contributed by atoms with Crippen LogP contribution in [0.1, 0.15) is 22.1 Å². The van der Waals surface area contributed by atoms with Gasteiger partial charge in [-0.05, 0) is 43.9 Å². The van der Waals surface area contributed by atoms with Crippen molar-refractivity contribution < 1.29 is 9.59 Å². The number of amides is 2. The summed E-state index contributed by atoms with van der Waals surface area (Å²) < 4.78 is 0. The van der Waals surface area contributed by atoms with Gasteiger partial charge in [0.05, 0.1) is 12.1 Å². The Hall–Kier alpha value is -2.93. The molecule has 2 aromatic rings. The molecule has 0 saturated carbocycles. The van der Waals surface area contributed by atoms with Gasteiger partial charge in [-0.25, -0.2) is 4.98 Å². The molecule has 2 amide bonds. The normalized spacial score (nSPS) is 16.4. The number of pyridine rings is 1. The van der Waals surface area contributed by atoms with Gasteiger partial charge in [0, 0.05) is 18.9 Å². The number of likely N-dealkylation sites (N-methyl/N-ethyl adjacent to an activating group) is 1. The molecule has 2 N–H and O–H groups in total. The van der Waals surface area contributed by atoms with Gasteiger partial charge in [0.1, 0.15) is 12.0 Å². The predicted octanol–water partition coefficient (Wildman–Crippen LogP) is 1.46. The Morgan fingerprint density at radius 2 is 2.00 bits per heavy atom. The highest BCUT2D eigenvalue weighted by molar-refractivity contribution is 6.01. The zero-order valence-corrected chi connectivity index (χ0v) is 14.5. The SMILES string of the molecule is CN(C)CC(=O)Nc1ccc(C2NC(=O)c3cccnc3N2C)cc1. The number of carbonyl (C=O) groups excluding carboxylic acids is 2. The summed E-state index contributed by atoms with van der Waals surface area (Å²) in [6.45, 7) is 0.325. The van der Waals surface area contributed by atoms with Crippen LogP contribution in [-0.4, -0.2) is 49.4 Å². The molecular weight excluding hydrogens is 318 g/mol. The summed E-state index contributed by atoms with van der Waals surface area (Å²) in [4.78, 5) is 32.2. The molecule has 1 atom stereocenters. The molecule has 1 aromatic heterocycles. The minimum absolute atomic E-state index is 0.0704. The fourth-order valence-corrected chi connectivity index (χ4v) is 2.82. The van der Waals surface area contributed by atoms with E-state index in [0.29, 0.717) is 17.9 Å². The zero-order valence-electron chi connectivity index (χ0n) is 14.5. The molecule has 0 saturated heterocycles. The number of carbonyl (C=O) groups is 2. The lowest BCUT2D eigenvalue weighted by atomic mass is 10.1. The van der Waals surface area contributed by atoms with Crippen LogP contribution in [0.15, 0.2) is 42.6 Å². The molecule has 0 bridgehead atoms. The summed E-state index contributed by atoms with van der Waals surface area (Å²) in [6.07, 6.45) is 1.37. The zero-order chi connectivity index (χ0) is 18.0. The van der Waals surface area contributed by atoms with Crippen LogP contribution in [0, 0.1) is 0 Å². The smallest absolute Gasteiger partial charge is 0.256 e. The van der Waals surface area contributed by atoms with Crippen LogP contribution in [0.2, 0.25) is 0 Å². The Morgan fingerprint density at radius 3 is 2.68 bits per heavy atom. The van der Waals surface area contributed by atoms with Crippen LogP contribution in [-0.2, 0) is 4.79 Å². The molecule has 1 aliphatic heterocycles. The number of benzene rings is 1. The van der Waals surface area contributed by atoms with Gasteiger partial charge in [-0.2, -0.15) is 0 Å². The minimum atomic E-state index is -0.304. The Labute approximate surface area is 146 Å². The fraction of sp³-hybridized carbons (Fsp3) is 0.278. The molecule has 1 aromatic carbocycles. The molecule has 0 fully saturated rings. The molecule has 25 heavy (non-hydrogen) atoms. The topological polar surface area (TPSA) is 77.6 Å². The van der Waals surface area contributed by atoms with Crippen LogP contribution in [0.3, 0.4) is 0 Å². The summed E-state index contributed by atoms with van der Waals surface area (Å²) >= 11 is 0. The summed E-state index contributed by atoms with van der Waals surface area (Å²) in [5.41, 5.74) is 2.20. The van der Waals surface area contributed by atoms with Crippen molar-refractivity contribution in [3.63, 3.8) is 0 Å². The van der Waals surface area contributed by atoms with Crippen LogP contribution in [0.25, 0.3) is 0 Å². The average molecular weight is 339 g/mol. The number of fused-ring (bicyclic) bond motifs is 1. The lowest BCUT2D eigenvalue weighted by Crippen LogP contribution is -2.45. The van der Waals surface area contributed by atoms with Gasteiger partial charge in [0.15, 0.2) is 0 Å². The molecule has 3 rings (SSSR count). The van der Waals surface area contributed by atoms with E-state index in [1.807, 2.05) is 50.3 Å². The van der Waals surface area contributed by atoms with Gasteiger partial charge in [0.25, 0.3) is 5.91 Å². The Morgan fingerprint density at radius 1 is 1.28 bits per heavy atom. The van der Waals surface area contributed by atoms with E-state index in [9.17, 15) is 9.59 Å². The Balaban J connectivity index is 1.77. The van der Waals surface area contributed by atoms with Gasteiger partial charge in [-0.3, -0.25) is 9.59 Å². The second-order valence-electron chi connectivity index (χ2n) is 6.27. The molecule has 130 valence electrons. The second-order valence-corrected chi connectivity index (χ2v) is 6.27. The van der Waals surface area contributed by atoms with Crippen LogP contribution >= 0.6 is 0 Å². The summed E-state index contributed by atoms with van der Waals surface area (Å²) in [5, 5.41) is 5.82. The Bertz CT molecular complexity index is 788. The first kappa shape index (κ1) is 16.9. The lowest BCUT2D eigenvalue weighted by molar-refractivity contribution is -0.116. The summed E-state index contributed by atoms with van der Waals surface area (Å²) in [5.74, 6) is 0.438. The Kier molecular flexibility index (Phi) is 4.67. The van der Waals surface area contributed by atoms with Crippen molar-refractivity contribution in [3.8, 4) is 0 Å². The van der Waals surface area contributed by atoms with Crippen LogP contribution in [0.4, 0.5) is 11.5 Å². The monoisotopic (exact) mass is 339 g/mol. The summed E-state index contributed by atoms with van der Waals surface area (Å²) in [7, 11) is 5.58. The van der Waals surface area contributed by atoms with Crippen LogP contribution < -0.4 is 15.5 Å². The van der Waals surface area contributed by atoms with E-state index >= 15 is 0 Å². The van der Waals surface area contributed by atoms with Gasteiger partial charge >= 0.3 is 0 Å². The molecule has 7 heteroatoms. The molecule has 0 aliphatic carbocycles. The maximum absolute atomic E-state index is 12.3. The van der Waals surface area contributed by atoms with Gasteiger partial charge in [-0.15, -0.1) is 0 Å². The highest BCUT2D eigenvalue weighted by Crippen LogP contribution is 2.30. The maximum atomic E-state index is 12.3. The molecule has 2 heterocycles. The number of aromatic nitrogens is 1. The number of rotatable bonds is 4. The fourth-order valence-electron chi connectivity index (χ4n) is 2.82. The second kappa shape index (κ2) is 6.90. The maximum Gasteiger partial charge on any atom is 0.256 e. The average Bonchev–Trinajstić information content (AvgIpc) is 2.58. The van der Waals surface area contributed by atoms with Crippen molar-refractivity contribution >= 4 is 23.3 Å². The molecule has 1 unspecified atom stereocenters. The van der Waals surface area contributed by atoms with E-state index in [1.54, 1.807) is 23.2 Å². The van der Waals surface area contributed by atoms with E-state index in [-0.39, 0.29) is 18.0 Å². The number of anilines is 2. The van der Waals surface area contributed by atoms with E-state index < -0.39 is 0 Å².